The third-order valence-corrected chi connectivity index (χ3v) is 4.06. The maximum Gasteiger partial charge on any atom is 0.410 e. The van der Waals surface area contributed by atoms with E-state index in [1.54, 1.807) is 24.2 Å². The second kappa shape index (κ2) is 13.8. The van der Waals surface area contributed by atoms with Crippen molar-refractivity contribution >= 4 is 47.6 Å². The molecule has 166 valence electrons. The van der Waals surface area contributed by atoms with Gasteiger partial charge in [0.05, 0.1) is 0 Å². The third kappa shape index (κ3) is 12.1. The van der Waals surface area contributed by atoms with Gasteiger partial charge in [-0.3, -0.25) is 4.99 Å². The fourth-order valence-corrected chi connectivity index (χ4v) is 2.55. The molecule has 0 aliphatic rings. The predicted octanol–water partition coefficient (Wildman–Crippen LogP) is 4.10. The molecule has 7 nitrogen and oxygen atoms in total. The molecule has 0 saturated heterocycles. The number of halogens is 2. The van der Waals surface area contributed by atoms with Crippen molar-refractivity contribution in [1.82, 2.24) is 20.5 Å². The third-order valence-electron chi connectivity index (χ3n) is 3.84. The quantitative estimate of drug-likeness (QED) is 0.171. The molecule has 0 atom stereocenters. The second-order valence-electron chi connectivity index (χ2n) is 7.79. The number of carbonyl (C=O) groups is 1. The van der Waals surface area contributed by atoms with Crippen LogP contribution in [0.25, 0.3) is 0 Å². The van der Waals surface area contributed by atoms with Crippen LogP contribution >= 0.6 is 35.6 Å². The molecule has 1 heterocycles. The summed E-state index contributed by atoms with van der Waals surface area (Å²) in [5, 5.41) is 7.04. The van der Waals surface area contributed by atoms with Crippen LogP contribution in [0.4, 0.5) is 4.79 Å². The standard InChI is InChI=1S/C20H34ClN5O2.HI/c1-15(2)26(19(27)28-20(3,4)5)13-7-11-23-18(22-6)24-12-10-16-8-9-17(21)25-14-16;/h8-9,14-15H,7,10-13H2,1-6H3,(H2,22,23,24);1H. The van der Waals surface area contributed by atoms with E-state index in [2.05, 4.69) is 20.6 Å². The monoisotopic (exact) mass is 539 g/mol. The Hall–Kier alpha value is -1.29. The fraction of sp³-hybridized carbons (Fsp3) is 0.650. The van der Waals surface area contributed by atoms with Crippen molar-refractivity contribution in [3.05, 3.63) is 29.0 Å². The number of nitrogens with one attached hydrogen (secondary N) is 2. The maximum atomic E-state index is 12.3. The highest BCUT2D eigenvalue weighted by Gasteiger charge is 2.23. The van der Waals surface area contributed by atoms with Gasteiger partial charge in [0, 0.05) is 38.9 Å². The zero-order chi connectivity index (χ0) is 21.2. The highest BCUT2D eigenvalue weighted by atomic mass is 127. The van der Waals surface area contributed by atoms with E-state index in [1.165, 1.54) is 0 Å². The van der Waals surface area contributed by atoms with Crippen LogP contribution in [-0.2, 0) is 11.2 Å². The Morgan fingerprint density at radius 3 is 2.45 bits per heavy atom. The zero-order valence-electron chi connectivity index (χ0n) is 18.3. The topological polar surface area (TPSA) is 78.9 Å². The minimum absolute atomic E-state index is 0. The number of pyridine rings is 1. The molecular weight excluding hydrogens is 505 g/mol. The number of guanidine groups is 1. The Morgan fingerprint density at radius 1 is 1.28 bits per heavy atom. The number of hydrogen-bond acceptors (Lipinski definition) is 4. The van der Waals surface area contributed by atoms with Crippen LogP contribution in [0.1, 0.15) is 46.6 Å². The van der Waals surface area contributed by atoms with E-state index in [-0.39, 0.29) is 36.1 Å². The molecule has 0 bridgehead atoms. The molecular formula is C20H35ClIN5O2. The summed E-state index contributed by atoms with van der Waals surface area (Å²) >= 11 is 5.79. The van der Waals surface area contributed by atoms with Crippen molar-refractivity contribution in [3.8, 4) is 0 Å². The summed E-state index contributed by atoms with van der Waals surface area (Å²) < 4.78 is 5.48. The molecule has 0 radical (unpaired) electrons. The van der Waals surface area contributed by atoms with Gasteiger partial charge in [-0.1, -0.05) is 17.7 Å². The number of aromatic nitrogens is 1. The van der Waals surface area contributed by atoms with Gasteiger partial charge in [0.2, 0.25) is 0 Å². The fourth-order valence-electron chi connectivity index (χ4n) is 2.44. The lowest BCUT2D eigenvalue weighted by Gasteiger charge is -2.30. The van der Waals surface area contributed by atoms with Crippen LogP contribution in [-0.4, -0.2) is 60.3 Å². The van der Waals surface area contributed by atoms with Gasteiger partial charge in [0.25, 0.3) is 0 Å². The highest BCUT2D eigenvalue weighted by molar-refractivity contribution is 14.0. The van der Waals surface area contributed by atoms with Crippen LogP contribution in [0.15, 0.2) is 23.3 Å². The number of nitrogens with zero attached hydrogens (tertiary/aromatic N) is 3. The van der Waals surface area contributed by atoms with Crippen molar-refractivity contribution < 1.29 is 9.53 Å². The minimum Gasteiger partial charge on any atom is -0.444 e. The summed E-state index contributed by atoms with van der Waals surface area (Å²) in [6.45, 7) is 11.7. The lowest BCUT2D eigenvalue weighted by molar-refractivity contribution is 0.0190. The van der Waals surface area contributed by atoms with Gasteiger partial charge in [-0.2, -0.15) is 0 Å². The first-order chi connectivity index (χ1) is 13.1. The van der Waals surface area contributed by atoms with Crippen LogP contribution in [0.2, 0.25) is 5.15 Å². The van der Waals surface area contributed by atoms with Gasteiger partial charge in [-0.25, -0.2) is 9.78 Å². The van der Waals surface area contributed by atoms with Gasteiger partial charge >= 0.3 is 6.09 Å². The first-order valence-corrected chi connectivity index (χ1v) is 10.0. The first-order valence-electron chi connectivity index (χ1n) is 9.67. The predicted molar refractivity (Wildman–Crippen MR) is 130 cm³/mol. The number of hydrogen-bond donors (Lipinski definition) is 2. The Kier molecular flexibility index (Phi) is 13.2. The van der Waals surface area contributed by atoms with E-state index in [0.717, 1.165) is 30.9 Å². The molecule has 0 aliphatic heterocycles. The van der Waals surface area contributed by atoms with Gasteiger partial charge in [-0.05, 0) is 59.1 Å². The second-order valence-corrected chi connectivity index (χ2v) is 8.17. The van der Waals surface area contributed by atoms with Crippen LogP contribution in [0.5, 0.6) is 0 Å². The Labute approximate surface area is 197 Å². The molecule has 1 rings (SSSR count). The van der Waals surface area contributed by atoms with Crippen LogP contribution in [0, 0.1) is 0 Å². The number of aliphatic imine (C=N–C) groups is 1. The molecule has 1 aromatic heterocycles. The summed E-state index contributed by atoms with van der Waals surface area (Å²) in [6, 6.07) is 3.83. The Bertz CT molecular complexity index is 633. The van der Waals surface area contributed by atoms with Crippen molar-refractivity contribution in [3.63, 3.8) is 0 Å². The van der Waals surface area contributed by atoms with Crippen molar-refractivity contribution in [2.75, 3.05) is 26.7 Å². The van der Waals surface area contributed by atoms with Crippen LogP contribution in [0.3, 0.4) is 0 Å². The SMILES string of the molecule is CN=C(NCCCN(C(=O)OC(C)(C)C)C(C)C)NCCc1ccc(Cl)nc1.I. The molecule has 0 spiro atoms. The molecule has 2 N–H and O–H groups in total. The average Bonchev–Trinajstić information content (AvgIpc) is 2.59. The van der Waals surface area contributed by atoms with Crippen molar-refractivity contribution in [1.29, 1.82) is 0 Å². The van der Waals surface area contributed by atoms with E-state index in [0.29, 0.717) is 18.2 Å². The lowest BCUT2D eigenvalue weighted by Crippen LogP contribution is -2.43. The van der Waals surface area contributed by atoms with E-state index < -0.39 is 5.60 Å². The van der Waals surface area contributed by atoms with Gasteiger partial charge in [0.15, 0.2) is 5.96 Å². The van der Waals surface area contributed by atoms with E-state index >= 15 is 0 Å². The molecule has 9 heteroatoms. The van der Waals surface area contributed by atoms with Gasteiger partial charge < -0.3 is 20.3 Å². The van der Waals surface area contributed by atoms with Crippen LogP contribution < -0.4 is 10.6 Å². The summed E-state index contributed by atoms with van der Waals surface area (Å²) in [5.74, 6) is 0.732. The smallest absolute Gasteiger partial charge is 0.410 e. The highest BCUT2D eigenvalue weighted by Crippen LogP contribution is 2.12. The molecule has 1 amide bonds. The molecule has 1 aromatic rings. The van der Waals surface area contributed by atoms with Crippen molar-refractivity contribution in [2.45, 2.75) is 59.1 Å². The Balaban J connectivity index is 0.00000784. The minimum atomic E-state index is -0.492. The molecule has 0 fully saturated rings. The lowest BCUT2D eigenvalue weighted by atomic mass is 10.2. The summed E-state index contributed by atoms with van der Waals surface area (Å²) in [7, 11) is 1.74. The van der Waals surface area contributed by atoms with E-state index in [4.69, 9.17) is 16.3 Å². The Morgan fingerprint density at radius 2 is 1.93 bits per heavy atom. The zero-order valence-corrected chi connectivity index (χ0v) is 21.4. The van der Waals surface area contributed by atoms with E-state index in [9.17, 15) is 4.79 Å². The first kappa shape index (κ1) is 27.7. The van der Waals surface area contributed by atoms with Crippen molar-refractivity contribution in [2.24, 2.45) is 4.99 Å². The van der Waals surface area contributed by atoms with Gasteiger partial charge in [0.1, 0.15) is 10.8 Å². The summed E-state index contributed by atoms with van der Waals surface area (Å²) in [6.07, 6.45) is 3.11. The molecule has 0 aliphatic carbocycles. The van der Waals surface area contributed by atoms with Gasteiger partial charge in [-0.15, -0.1) is 24.0 Å². The normalized spacial score (nSPS) is 11.7. The largest absolute Gasteiger partial charge is 0.444 e. The van der Waals surface area contributed by atoms with E-state index in [1.807, 2.05) is 40.7 Å². The maximum absolute atomic E-state index is 12.3. The molecule has 0 unspecified atom stereocenters. The number of carbonyl (C=O) groups excluding carboxylic acids is 1. The summed E-state index contributed by atoms with van der Waals surface area (Å²) in [5.41, 5.74) is 0.617. The number of rotatable bonds is 8. The number of amides is 1. The summed E-state index contributed by atoms with van der Waals surface area (Å²) in [4.78, 5) is 22.4. The number of ether oxygens (including phenoxy) is 1. The molecule has 0 aromatic carbocycles. The molecule has 0 saturated carbocycles. The average molecular weight is 540 g/mol. The molecule has 29 heavy (non-hydrogen) atoms.